The van der Waals surface area contributed by atoms with E-state index in [-0.39, 0.29) is 6.04 Å². The Morgan fingerprint density at radius 2 is 2.00 bits per heavy atom. The van der Waals surface area contributed by atoms with Gasteiger partial charge in [-0.05, 0) is 24.0 Å². The molecule has 0 saturated carbocycles. The molecule has 0 radical (unpaired) electrons. The van der Waals surface area contributed by atoms with Crippen LogP contribution in [0.2, 0.25) is 0 Å². The van der Waals surface area contributed by atoms with Gasteiger partial charge in [0.05, 0.1) is 12.6 Å². The van der Waals surface area contributed by atoms with Gasteiger partial charge in [-0.3, -0.25) is 14.6 Å². The van der Waals surface area contributed by atoms with Crippen molar-refractivity contribution in [1.82, 2.24) is 9.80 Å². The monoisotopic (exact) mass is 286 g/mol. The number of rotatable bonds is 3. The third-order valence-electron chi connectivity index (χ3n) is 5.18. The van der Waals surface area contributed by atoms with Gasteiger partial charge in [0.2, 0.25) is 0 Å². The molecule has 1 aromatic carbocycles. The van der Waals surface area contributed by atoms with Gasteiger partial charge in [0.25, 0.3) is 0 Å². The largest absolute Gasteiger partial charge is 0.493 e. The molecule has 4 heterocycles. The average molecular weight is 286 g/mol. The highest BCUT2D eigenvalue weighted by molar-refractivity contribution is 5.85. The fourth-order valence-corrected chi connectivity index (χ4v) is 3.93. The van der Waals surface area contributed by atoms with E-state index in [0.29, 0.717) is 18.1 Å². The second kappa shape index (κ2) is 5.43. The van der Waals surface area contributed by atoms with Crippen LogP contribution in [0.25, 0.3) is 0 Å². The molecule has 4 aliphatic rings. The number of piperazine rings is 3. The van der Waals surface area contributed by atoms with E-state index in [0.717, 1.165) is 51.5 Å². The molecule has 3 fully saturated rings. The molecule has 3 saturated heterocycles. The molecule has 0 aliphatic carbocycles. The molecule has 0 aromatic heterocycles. The fourth-order valence-electron chi connectivity index (χ4n) is 3.93. The number of hydrogen-bond acceptors (Lipinski definition) is 4. The zero-order chi connectivity index (χ0) is 14.2. The minimum atomic E-state index is 0.127. The number of fused-ring (bicyclic) bond motifs is 4. The van der Waals surface area contributed by atoms with Crippen LogP contribution in [0.3, 0.4) is 0 Å². The summed E-state index contributed by atoms with van der Waals surface area (Å²) in [7, 11) is 0. The molecule has 2 atom stereocenters. The minimum Gasteiger partial charge on any atom is -0.493 e. The number of ether oxygens (including phenoxy) is 1. The molecule has 4 nitrogen and oxygen atoms in total. The third kappa shape index (κ3) is 2.47. The molecule has 2 bridgehead atoms. The van der Waals surface area contributed by atoms with Crippen molar-refractivity contribution < 1.29 is 9.53 Å². The molecule has 21 heavy (non-hydrogen) atoms. The maximum atomic E-state index is 12.8. The van der Waals surface area contributed by atoms with Crippen LogP contribution in [0, 0.1) is 0 Å². The second-order valence-electron chi connectivity index (χ2n) is 6.39. The Bertz CT molecular complexity index is 537. The minimum absolute atomic E-state index is 0.127. The van der Waals surface area contributed by atoms with E-state index >= 15 is 0 Å². The molecule has 0 spiro atoms. The SMILES string of the molecule is O=C(CC1CCOc2ccccc21)C1CN2CCN1CC2. The van der Waals surface area contributed by atoms with Crippen LogP contribution in [0.1, 0.15) is 24.3 Å². The van der Waals surface area contributed by atoms with Gasteiger partial charge in [-0.1, -0.05) is 18.2 Å². The van der Waals surface area contributed by atoms with Crippen LogP contribution in [-0.2, 0) is 4.79 Å². The summed E-state index contributed by atoms with van der Waals surface area (Å²) in [5.74, 6) is 1.72. The van der Waals surface area contributed by atoms with Crippen molar-refractivity contribution in [3.63, 3.8) is 0 Å². The zero-order valence-electron chi connectivity index (χ0n) is 12.3. The van der Waals surface area contributed by atoms with E-state index < -0.39 is 0 Å². The Balaban J connectivity index is 1.48. The number of benzene rings is 1. The fraction of sp³-hybridized carbons (Fsp3) is 0.588. The van der Waals surface area contributed by atoms with Crippen molar-refractivity contribution in [3.05, 3.63) is 29.8 Å². The predicted molar refractivity (Wildman–Crippen MR) is 80.7 cm³/mol. The predicted octanol–water partition coefficient (Wildman–Crippen LogP) is 1.51. The van der Waals surface area contributed by atoms with E-state index in [9.17, 15) is 4.79 Å². The summed E-state index contributed by atoms with van der Waals surface area (Å²) in [4.78, 5) is 17.6. The zero-order valence-corrected chi connectivity index (χ0v) is 12.3. The van der Waals surface area contributed by atoms with Crippen molar-refractivity contribution >= 4 is 5.78 Å². The highest BCUT2D eigenvalue weighted by Gasteiger charge is 2.37. The van der Waals surface area contributed by atoms with Crippen LogP contribution in [0.5, 0.6) is 5.75 Å². The first-order valence-corrected chi connectivity index (χ1v) is 8.02. The first-order chi connectivity index (χ1) is 10.3. The number of para-hydroxylation sites is 1. The summed E-state index contributed by atoms with van der Waals surface area (Å²) in [6, 6.07) is 8.31. The normalized spacial score (nSPS) is 34.1. The quantitative estimate of drug-likeness (QED) is 0.843. The Morgan fingerprint density at radius 1 is 1.19 bits per heavy atom. The van der Waals surface area contributed by atoms with Crippen molar-refractivity contribution in [2.45, 2.75) is 24.8 Å². The maximum Gasteiger partial charge on any atom is 0.151 e. The van der Waals surface area contributed by atoms with E-state index in [4.69, 9.17) is 4.74 Å². The summed E-state index contributed by atoms with van der Waals surface area (Å²) in [5.41, 5.74) is 1.22. The molecule has 112 valence electrons. The van der Waals surface area contributed by atoms with Crippen LogP contribution in [0.4, 0.5) is 0 Å². The number of hydrogen-bond donors (Lipinski definition) is 0. The van der Waals surface area contributed by atoms with Crippen molar-refractivity contribution in [1.29, 1.82) is 0 Å². The van der Waals surface area contributed by atoms with E-state index in [1.165, 1.54) is 5.56 Å². The van der Waals surface area contributed by atoms with Crippen LogP contribution >= 0.6 is 0 Å². The van der Waals surface area contributed by atoms with Gasteiger partial charge < -0.3 is 4.74 Å². The number of carbonyl (C=O) groups is 1. The Labute approximate surface area is 125 Å². The highest BCUT2D eigenvalue weighted by Crippen LogP contribution is 2.36. The molecule has 0 amide bonds. The second-order valence-corrected chi connectivity index (χ2v) is 6.39. The number of carbonyl (C=O) groups excluding carboxylic acids is 1. The lowest BCUT2D eigenvalue weighted by Crippen LogP contribution is -2.63. The molecule has 2 unspecified atom stereocenters. The lowest BCUT2D eigenvalue weighted by atomic mass is 9.86. The van der Waals surface area contributed by atoms with Crippen molar-refractivity contribution in [2.24, 2.45) is 0 Å². The Hall–Kier alpha value is -1.39. The van der Waals surface area contributed by atoms with Crippen molar-refractivity contribution in [3.8, 4) is 5.75 Å². The van der Waals surface area contributed by atoms with E-state index in [1.54, 1.807) is 0 Å². The topological polar surface area (TPSA) is 32.8 Å². The first-order valence-electron chi connectivity index (χ1n) is 8.02. The van der Waals surface area contributed by atoms with Crippen molar-refractivity contribution in [2.75, 3.05) is 39.3 Å². The summed E-state index contributed by atoms with van der Waals surface area (Å²) < 4.78 is 5.70. The highest BCUT2D eigenvalue weighted by atomic mass is 16.5. The van der Waals surface area contributed by atoms with Gasteiger partial charge in [0.15, 0.2) is 5.78 Å². The van der Waals surface area contributed by atoms with Crippen LogP contribution in [0.15, 0.2) is 24.3 Å². The summed E-state index contributed by atoms with van der Waals surface area (Å²) in [5, 5.41) is 0. The molecule has 4 aliphatic heterocycles. The van der Waals surface area contributed by atoms with Gasteiger partial charge in [0, 0.05) is 39.1 Å². The smallest absolute Gasteiger partial charge is 0.151 e. The molecular formula is C17H22N2O2. The standard InChI is InChI=1S/C17H22N2O2/c20-16(15-12-18-6-8-19(15)9-7-18)11-13-5-10-21-17-4-2-1-3-14(13)17/h1-4,13,15H,5-12H2. The number of nitrogens with zero attached hydrogens (tertiary/aromatic N) is 2. The summed E-state index contributed by atoms with van der Waals surface area (Å²) >= 11 is 0. The van der Waals surface area contributed by atoms with Gasteiger partial charge in [-0.2, -0.15) is 0 Å². The lowest BCUT2D eigenvalue weighted by molar-refractivity contribution is -0.130. The Kier molecular flexibility index (Phi) is 3.43. The van der Waals surface area contributed by atoms with Gasteiger partial charge >= 0.3 is 0 Å². The van der Waals surface area contributed by atoms with Gasteiger partial charge in [0.1, 0.15) is 5.75 Å². The summed E-state index contributed by atoms with van der Waals surface area (Å²) in [6.07, 6.45) is 1.62. The van der Waals surface area contributed by atoms with Crippen LogP contribution < -0.4 is 4.74 Å². The average Bonchev–Trinajstić information content (AvgIpc) is 2.56. The van der Waals surface area contributed by atoms with Crippen LogP contribution in [-0.4, -0.2) is 61.0 Å². The molecule has 5 rings (SSSR count). The molecule has 1 aromatic rings. The molecular weight excluding hydrogens is 264 g/mol. The van der Waals surface area contributed by atoms with E-state index in [1.807, 2.05) is 18.2 Å². The molecule has 4 heteroatoms. The Morgan fingerprint density at radius 3 is 2.76 bits per heavy atom. The lowest BCUT2D eigenvalue weighted by Gasteiger charge is -2.47. The third-order valence-corrected chi connectivity index (χ3v) is 5.18. The van der Waals surface area contributed by atoms with E-state index in [2.05, 4.69) is 15.9 Å². The number of Topliss-reactive ketones (excluding diaryl/α,β-unsaturated/α-hetero) is 1. The first kappa shape index (κ1) is 13.3. The number of ketones is 1. The maximum absolute atomic E-state index is 12.8. The van der Waals surface area contributed by atoms with Gasteiger partial charge in [-0.25, -0.2) is 0 Å². The van der Waals surface area contributed by atoms with Gasteiger partial charge in [-0.15, -0.1) is 0 Å². The molecule has 0 N–H and O–H groups in total. The summed E-state index contributed by atoms with van der Waals surface area (Å²) in [6.45, 7) is 6.04.